The van der Waals surface area contributed by atoms with Gasteiger partial charge in [0.25, 0.3) is 0 Å². The Balaban J connectivity index is 1.47. The van der Waals surface area contributed by atoms with Gasteiger partial charge in [-0.2, -0.15) is 0 Å². The fourth-order valence-corrected chi connectivity index (χ4v) is 4.69. The van der Waals surface area contributed by atoms with Gasteiger partial charge < -0.3 is 10.6 Å². The zero-order valence-corrected chi connectivity index (χ0v) is 16.4. The molecule has 0 unspecified atom stereocenters. The minimum Gasteiger partial charge on any atom is -0.352 e. The van der Waals surface area contributed by atoms with E-state index in [0.717, 1.165) is 16.4 Å². The quantitative estimate of drug-likeness (QED) is 0.691. The molecule has 134 valence electrons. The molecule has 1 aliphatic carbocycles. The summed E-state index contributed by atoms with van der Waals surface area (Å²) in [4.78, 5) is 12.2. The predicted molar refractivity (Wildman–Crippen MR) is 105 cm³/mol. The molecule has 8 heteroatoms. The Labute approximate surface area is 161 Å². The highest BCUT2D eigenvalue weighted by Crippen LogP contribution is 2.29. The molecule has 1 aromatic heterocycles. The molecule has 2 atom stereocenters. The van der Waals surface area contributed by atoms with Crippen molar-refractivity contribution >= 4 is 51.4 Å². The highest BCUT2D eigenvalue weighted by atomic mass is 35.5. The van der Waals surface area contributed by atoms with E-state index in [4.69, 9.17) is 11.6 Å². The Bertz CT molecular complexity index is 724. The number of rotatable bonds is 6. The average molecular weight is 397 g/mol. The summed E-state index contributed by atoms with van der Waals surface area (Å²) in [5, 5.41) is 15.9. The molecule has 1 amide bonds. The first-order valence-electron chi connectivity index (χ1n) is 8.38. The first kappa shape index (κ1) is 18.5. The number of amides is 1. The van der Waals surface area contributed by atoms with Crippen LogP contribution in [-0.2, 0) is 4.79 Å². The van der Waals surface area contributed by atoms with Gasteiger partial charge in [-0.1, -0.05) is 60.5 Å². The van der Waals surface area contributed by atoms with Crippen LogP contribution in [0.3, 0.4) is 0 Å². The van der Waals surface area contributed by atoms with Gasteiger partial charge in [0.1, 0.15) is 0 Å². The van der Waals surface area contributed by atoms with Crippen LogP contribution >= 0.6 is 34.7 Å². The number of hydrogen-bond acceptors (Lipinski definition) is 6. The van der Waals surface area contributed by atoms with Crippen LogP contribution in [0.25, 0.3) is 0 Å². The lowest BCUT2D eigenvalue weighted by Crippen LogP contribution is -2.41. The molecule has 1 aliphatic rings. The van der Waals surface area contributed by atoms with Crippen LogP contribution in [0, 0.1) is 5.92 Å². The molecule has 0 aliphatic heterocycles. The van der Waals surface area contributed by atoms with E-state index in [-0.39, 0.29) is 5.91 Å². The van der Waals surface area contributed by atoms with Crippen LogP contribution in [0.5, 0.6) is 0 Å². The second kappa shape index (κ2) is 8.87. The molecule has 1 fully saturated rings. The summed E-state index contributed by atoms with van der Waals surface area (Å²) in [7, 11) is 0. The summed E-state index contributed by atoms with van der Waals surface area (Å²) < 4.78 is 0.774. The third-order valence-electron chi connectivity index (χ3n) is 4.27. The van der Waals surface area contributed by atoms with E-state index in [1.54, 1.807) is 0 Å². The second-order valence-corrected chi connectivity index (χ2v) is 8.87. The van der Waals surface area contributed by atoms with E-state index >= 15 is 0 Å². The van der Waals surface area contributed by atoms with Crippen molar-refractivity contribution in [3.05, 3.63) is 29.3 Å². The van der Waals surface area contributed by atoms with Gasteiger partial charge in [0.05, 0.1) is 5.75 Å². The van der Waals surface area contributed by atoms with E-state index in [0.29, 0.717) is 27.9 Å². The number of anilines is 2. The Kier molecular flexibility index (Phi) is 6.56. The summed E-state index contributed by atoms with van der Waals surface area (Å²) in [6.45, 7) is 2.22. The van der Waals surface area contributed by atoms with E-state index < -0.39 is 0 Å². The van der Waals surface area contributed by atoms with Crippen LogP contribution in [0.2, 0.25) is 5.02 Å². The van der Waals surface area contributed by atoms with E-state index in [9.17, 15) is 4.79 Å². The summed E-state index contributed by atoms with van der Waals surface area (Å²) in [6, 6.07) is 7.75. The van der Waals surface area contributed by atoms with Crippen molar-refractivity contribution in [1.29, 1.82) is 0 Å². The first-order chi connectivity index (χ1) is 12.1. The fourth-order valence-electron chi connectivity index (χ4n) is 2.91. The third-order valence-corrected chi connectivity index (χ3v) is 6.47. The molecule has 1 aromatic carbocycles. The van der Waals surface area contributed by atoms with Crippen molar-refractivity contribution in [2.75, 3.05) is 11.1 Å². The number of benzene rings is 1. The highest BCUT2D eigenvalue weighted by molar-refractivity contribution is 8.01. The van der Waals surface area contributed by atoms with Crippen molar-refractivity contribution in [1.82, 2.24) is 15.5 Å². The highest BCUT2D eigenvalue weighted by Gasteiger charge is 2.22. The maximum Gasteiger partial charge on any atom is 0.230 e. The van der Waals surface area contributed by atoms with E-state index in [2.05, 4.69) is 27.8 Å². The van der Waals surface area contributed by atoms with E-state index in [1.807, 2.05) is 24.3 Å². The molecule has 0 spiro atoms. The molecule has 1 saturated carbocycles. The number of halogens is 1. The fraction of sp³-hybridized carbons (Fsp3) is 0.471. The summed E-state index contributed by atoms with van der Waals surface area (Å²) >= 11 is 8.82. The number of carbonyl (C=O) groups excluding carboxylic acids is 1. The zero-order chi connectivity index (χ0) is 17.6. The van der Waals surface area contributed by atoms with Crippen LogP contribution in [-0.4, -0.2) is 27.9 Å². The molecular formula is C17H21ClN4OS2. The largest absolute Gasteiger partial charge is 0.352 e. The smallest absolute Gasteiger partial charge is 0.230 e. The summed E-state index contributed by atoms with van der Waals surface area (Å²) in [5.74, 6) is 1.01. The van der Waals surface area contributed by atoms with Gasteiger partial charge in [-0.25, -0.2) is 0 Å². The molecule has 3 rings (SSSR count). The van der Waals surface area contributed by atoms with E-state index in [1.165, 1.54) is 42.4 Å². The second-order valence-electron chi connectivity index (χ2n) is 6.23. The van der Waals surface area contributed by atoms with Crippen LogP contribution in [0.1, 0.15) is 32.6 Å². The molecule has 1 heterocycles. The van der Waals surface area contributed by atoms with Crippen molar-refractivity contribution in [3.63, 3.8) is 0 Å². The summed E-state index contributed by atoms with van der Waals surface area (Å²) in [5.41, 5.74) is 0.865. The molecule has 5 nitrogen and oxygen atoms in total. The van der Waals surface area contributed by atoms with Crippen molar-refractivity contribution in [3.8, 4) is 0 Å². The lowest BCUT2D eigenvalue weighted by Gasteiger charge is -2.29. The predicted octanol–water partition coefficient (Wildman–Crippen LogP) is 4.72. The third kappa shape index (κ3) is 5.59. The number of nitrogens with zero attached hydrogens (tertiary/aromatic N) is 2. The van der Waals surface area contributed by atoms with Gasteiger partial charge in [-0.15, -0.1) is 10.2 Å². The monoisotopic (exact) mass is 396 g/mol. The molecule has 0 saturated heterocycles. The zero-order valence-electron chi connectivity index (χ0n) is 14.0. The number of aromatic nitrogens is 2. The Morgan fingerprint density at radius 1 is 1.36 bits per heavy atom. The number of thioether (sulfide) groups is 1. The van der Waals surface area contributed by atoms with Crippen LogP contribution < -0.4 is 10.6 Å². The minimum absolute atomic E-state index is 0.0725. The molecule has 0 bridgehead atoms. The van der Waals surface area contributed by atoms with Crippen molar-refractivity contribution in [2.24, 2.45) is 5.92 Å². The normalized spacial score (nSPS) is 20.2. The maximum atomic E-state index is 12.2. The minimum atomic E-state index is 0.0725. The van der Waals surface area contributed by atoms with Crippen molar-refractivity contribution < 1.29 is 4.79 Å². The van der Waals surface area contributed by atoms with Crippen molar-refractivity contribution in [2.45, 2.75) is 43.0 Å². The van der Waals surface area contributed by atoms with Crippen LogP contribution in [0.4, 0.5) is 10.8 Å². The lowest BCUT2D eigenvalue weighted by molar-refractivity contribution is -0.119. The van der Waals surface area contributed by atoms with Gasteiger partial charge in [0, 0.05) is 16.8 Å². The molecule has 25 heavy (non-hydrogen) atoms. The topological polar surface area (TPSA) is 66.9 Å². The van der Waals surface area contributed by atoms with Crippen LogP contribution in [0.15, 0.2) is 28.6 Å². The maximum absolute atomic E-state index is 12.2. The Morgan fingerprint density at radius 2 is 2.20 bits per heavy atom. The molecule has 2 N–H and O–H groups in total. The van der Waals surface area contributed by atoms with Gasteiger partial charge in [0.2, 0.25) is 11.0 Å². The van der Waals surface area contributed by atoms with Gasteiger partial charge >= 0.3 is 0 Å². The lowest BCUT2D eigenvalue weighted by atomic mass is 9.86. The average Bonchev–Trinajstić information content (AvgIpc) is 3.03. The molecular weight excluding hydrogens is 376 g/mol. The Morgan fingerprint density at radius 3 is 3.00 bits per heavy atom. The van der Waals surface area contributed by atoms with Gasteiger partial charge in [0.15, 0.2) is 4.34 Å². The Hall–Kier alpha value is -1.31. The standard InChI is InChI=1S/C17H21ClN4OS2/c1-11-5-2-3-8-14(11)20-15(23)10-24-17-22-21-16(25-17)19-13-7-4-6-12(18)9-13/h4,6-7,9,11,14H,2-3,5,8,10H2,1H3,(H,19,21)(H,20,23)/t11-,14-/m0/s1. The number of nitrogens with one attached hydrogen (secondary N) is 2. The molecule has 0 radical (unpaired) electrons. The van der Waals surface area contributed by atoms with Gasteiger partial charge in [-0.05, 0) is 37.0 Å². The molecule has 2 aromatic rings. The number of hydrogen-bond donors (Lipinski definition) is 2. The SMILES string of the molecule is C[C@H]1CCCC[C@@H]1NC(=O)CSc1nnc(Nc2cccc(Cl)c2)s1. The summed E-state index contributed by atoms with van der Waals surface area (Å²) in [6.07, 6.45) is 4.77. The van der Waals surface area contributed by atoms with Gasteiger partial charge in [-0.3, -0.25) is 4.79 Å². The number of carbonyl (C=O) groups is 1. The first-order valence-corrected chi connectivity index (χ1v) is 10.6.